The molecular formula is C23H26F3N7. The van der Waals surface area contributed by atoms with E-state index >= 15 is 0 Å². The predicted octanol–water partition coefficient (Wildman–Crippen LogP) is 4.11. The minimum absolute atomic E-state index is 0.132. The number of benzene rings is 1. The maximum Gasteiger partial charge on any atom is 0.416 e. The van der Waals surface area contributed by atoms with E-state index in [0.717, 1.165) is 30.3 Å². The van der Waals surface area contributed by atoms with Crippen LogP contribution in [0.1, 0.15) is 54.7 Å². The summed E-state index contributed by atoms with van der Waals surface area (Å²) in [6, 6.07) is 9.71. The second-order valence-electron chi connectivity index (χ2n) is 8.67. The van der Waals surface area contributed by atoms with E-state index in [1.54, 1.807) is 18.5 Å². The van der Waals surface area contributed by atoms with Gasteiger partial charge < -0.3 is 4.90 Å². The fourth-order valence-electron chi connectivity index (χ4n) is 4.98. The summed E-state index contributed by atoms with van der Waals surface area (Å²) in [7, 11) is 0. The normalized spacial score (nSPS) is 19.2. The highest BCUT2D eigenvalue weighted by molar-refractivity contribution is 5.49. The molecule has 5 rings (SSSR count). The van der Waals surface area contributed by atoms with Gasteiger partial charge in [-0.15, -0.1) is 5.10 Å². The first kappa shape index (κ1) is 21.8. The Labute approximate surface area is 190 Å². The van der Waals surface area contributed by atoms with Gasteiger partial charge in [0.15, 0.2) is 5.82 Å². The molecule has 7 nitrogen and oxygen atoms in total. The molecule has 1 atom stereocenters. The summed E-state index contributed by atoms with van der Waals surface area (Å²) in [5, 5.41) is 12.8. The molecule has 0 unspecified atom stereocenters. The van der Waals surface area contributed by atoms with E-state index in [4.69, 9.17) is 0 Å². The minimum atomic E-state index is -4.35. The summed E-state index contributed by atoms with van der Waals surface area (Å²) in [5.74, 6) is 0.820. The molecule has 0 spiro atoms. The van der Waals surface area contributed by atoms with Gasteiger partial charge in [0.1, 0.15) is 0 Å². The SMILES string of the molecule is FC(F)(F)c1cccc(N2CCN([C@H](c3ccncc3)c3nnnn3C3CCCC3)CC2)c1. The van der Waals surface area contributed by atoms with Crippen LogP contribution >= 0.6 is 0 Å². The van der Waals surface area contributed by atoms with Crippen LogP contribution < -0.4 is 4.90 Å². The maximum absolute atomic E-state index is 13.2. The van der Waals surface area contributed by atoms with Gasteiger partial charge in [0.05, 0.1) is 17.6 Å². The molecule has 1 saturated heterocycles. The van der Waals surface area contributed by atoms with Crippen LogP contribution in [0.4, 0.5) is 18.9 Å². The third-order valence-corrected chi connectivity index (χ3v) is 6.67. The zero-order valence-electron chi connectivity index (χ0n) is 18.2. The number of rotatable bonds is 5. The van der Waals surface area contributed by atoms with Crippen LogP contribution in [0.3, 0.4) is 0 Å². The molecule has 1 saturated carbocycles. The molecule has 1 aliphatic heterocycles. The van der Waals surface area contributed by atoms with Gasteiger partial charge in [-0.1, -0.05) is 18.9 Å². The summed E-state index contributed by atoms with van der Waals surface area (Å²) in [6.45, 7) is 2.60. The first-order valence-electron chi connectivity index (χ1n) is 11.3. The Morgan fingerprint density at radius 1 is 0.939 bits per heavy atom. The van der Waals surface area contributed by atoms with Crippen molar-refractivity contribution in [2.75, 3.05) is 31.1 Å². The summed E-state index contributed by atoms with van der Waals surface area (Å²) < 4.78 is 41.5. The van der Waals surface area contributed by atoms with E-state index in [0.29, 0.717) is 37.9 Å². The molecule has 2 aromatic heterocycles. The van der Waals surface area contributed by atoms with Crippen LogP contribution in [-0.4, -0.2) is 56.3 Å². The number of pyridine rings is 1. The number of hydrogen-bond acceptors (Lipinski definition) is 6. The number of anilines is 1. The van der Waals surface area contributed by atoms with Crippen LogP contribution in [-0.2, 0) is 6.18 Å². The smallest absolute Gasteiger partial charge is 0.369 e. The fourth-order valence-corrected chi connectivity index (χ4v) is 4.98. The molecule has 174 valence electrons. The molecule has 3 aromatic rings. The van der Waals surface area contributed by atoms with Gasteiger partial charge >= 0.3 is 6.18 Å². The van der Waals surface area contributed by atoms with Gasteiger partial charge in [-0.2, -0.15) is 13.2 Å². The standard InChI is InChI=1S/C23H26F3N7/c24-23(25,26)18-4-3-7-20(16-18)31-12-14-32(15-13-31)21(17-8-10-27-11-9-17)22-28-29-30-33(22)19-5-1-2-6-19/h3-4,7-11,16,19,21H,1-2,5-6,12-15H2/t21-/m1/s1. The molecule has 0 radical (unpaired) electrons. The van der Waals surface area contributed by atoms with E-state index in [2.05, 4.69) is 25.4 Å². The van der Waals surface area contributed by atoms with Crippen molar-refractivity contribution in [3.05, 3.63) is 65.7 Å². The quantitative estimate of drug-likeness (QED) is 0.575. The highest BCUT2D eigenvalue weighted by Gasteiger charge is 2.34. The lowest BCUT2D eigenvalue weighted by molar-refractivity contribution is -0.137. The van der Waals surface area contributed by atoms with E-state index in [1.807, 2.05) is 21.7 Å². The Morgan fingerprint density at radius 2 is 1.67 bits per heavy atom. The van der Waals surface area contributed by atoms with Crippen molar-refractivity contribution >= 4 is 5.69 Å². The van der Waals surface area contributed by atoms with E-state index < -0.39 is 11.7 Å². The number of hydrogen-bond donors (Lipinski definition) is 0. The average Bonchev–Trinajstić information content (AvgIpc) is 3.52. The molecule has 1 aliphatic carbocycles. The van der Waals surface area contributed by atoms with Crippen molar-refractivity contribution in [2.45, 2.75) is 43.9 Å². The Morgan fingerprint density at radius 3 is 2.36 bits per heavy atom. The molecule has 0 amide bonds. The summed E-state index contributed by atoms with van der Waals surface area (Å²) >= 11 is 0. The third-order valence-electron chi connectivity index (χ3n) is 6.67. The van der Waals surface area contributed by atoms with Crippen LogP contribution in [0.2, 0.25) is 0 Å². The highest BCUT2D eigenvalue weighted by atomic mass is 19.4. The Bertz CT molecular complexity index is 1060. The monoisotopic (exact) mass is 457 g/mol. The van der Waals surface area contributed by atoms with Gasteiger partial charge in [-0.3, -0.25) is 9.88 Å². The van der Waals surface area contributed by atoms with E-state index in [9.17, 15) is 13.2 Å². The van der Waals surface area contributed by atoms with Gasteiger partial charge in [0.2, 0.25) is 0 Å². The fraction of sp³-hybridized carbons (Fsp3) is 0.478. The first-order valence-corrected chi connectivity index (χ1v) is 11.3. The van der Waals surface area contributed by atoms with Crippen molar-refractivity contribution in [1.29, 1.82) is 0 Å². The molecule has 1 aromatic carbocycles. The maximum atomic E-state index is 13.2. The number of piperazine rings is 1. The number of halogens is 3. The number of aromatic nitrogens is 5. The lowest BCUT2D eigenvalue weighted by atomic mass is 10.0. The van der Waals surface area contributed by atoms with Crippen LogP contribution in [0.5, 0.6) is 0 Å². The lowest BCUT2D eigenvalue weighted by Crippen LogP contribution is -2.48. The molecule has 10 heteroatoms. The van der Waals surface area contributed by atoms with E-state index in [-0.39, 0.29) is 6.04 Å². The van der Waals surface area contributed by atoms with Crippen LogP contribution in [0, 0.1) is 0 Å². The number of alkyl halides is 3. The zero-order chi connectivity index (χ0) is 22.8. The molecule has 33 heavy (non-hydrogen) atoms. The van der Waals surface area contributed by atoms with Gasteiger partial charge in [0.25, 0.3) is 0 Å². The van der Waals surface area contributed by atoms with Crippen molar-refractivity contribution in [2.24, 2.45) is 0 Å². The first-order chi connectivity index (χ1) is 16.0. The Balaban J connectivity index is 1.38. The summed E-state index contributed by atoms with van der Waals surface area (Å²) in [4.78, 5) is 8.48. The minimum Gasteiger partial charge on any atom is -0.369 e. The van der Waals surface area contributed by atoms with Crippen molar-refractivity contribution < 1.29 is 13.2 Å². The highest BCUT2D eigenvalue weighted by Crippen LogP contribution is 2.35. The number of nitrogens with zero attached hydrogens (tertiary/aromatic N) is 7. The van der Waals surface area contributed by atoms with Crippen molar-refractivity contribution in [1.82, 2.24) is 30.1 Å². The predicted molar refractivity (Wildman–Crippen MR) is 117 cm³/mol. The Hall–Kier alpha value is -3.01. The Kier molecular flexibility index (Phi) is 6.01. The molecule has 2 aliphatic rings. The molecule has 0 N–H and O–H groups in total. The molecular weight excluding hydrogens is 431 g/mol. The van der Waals surface area contributed by atoms with Crippen molar-refractivity contribution in [3.63, 3.8) is 0 Å². The second kappa shape index (κ2) is 9.09. The van der Waals surface area contributed by atoms with Crippen LogP contribution in [0.15, 0.2) is 48.8 Å². The summed E-state index contributed by atoms with van der Waals surface area (Å²) in [5.41, 5.74) is 1.04. The van der Waals surface area contributed by atoms with Gasteiger partial charge in [-0.05, 0) is 59.2 Å². The van der Waals surface area contributed by atoms with Crippen LogP contribution in [0.25, 0.3) is 0 Å². The zero-order valence-corrected chi connectivity index (χ0v) is 18.2. The van der Waals surface area contributed by atoms with Gasteiger partial charge in [0, 0.05) is 44.3 Å². The average molecular weight is 458 g/mol. The topological polar surface area (TPSA) is 63.0 Å². The van der Waals surface area contributed by atoms with Crippen molar-refractivity contribution in [3.8, 4) is 0 Å². The van der Waals surface area contributed by atoms with E-state index in [1.165, 1.54) is 25.0 Å². The third kappa shape index (κ3) is 4.57. The largest absolute Gasteiger partial charge is 0.416 e. The molecule has 3 heterocycles. The molecule has 0 bridgehead atoms. The summed E-state index contributed by atoms with van der Waals surface area (Å²) in [6.07, 6.45) is 3.70. The number of tetrazole rings is 1. The second-order valence-corrected chi connectivity index (χ2v) is 8.67. The lowest BCUT2D eigenvalue weighted by Gasteiger charge is -2.40. The van der Waals surface area contributed by atoms with Gasteiger partial charge in [-0.25, -0.2) is 4.68 Å². The molecule has 2 fully saturated rings.